The van der Waals surface area contributed by atoms with Gasteiger partial charge in [0.15, 0.2) is 0 Å². The van der Waals surface area contributed by atoms with Gasteiger partial charge >= 0.3 is 0 Å². The number of nitrogens with one attached hydrogen (secondary N) is 1. The lowest BCUT2D eigenvalue weighted by Crippen LogP contribution is -2.60. The Balaban J connectivity index is 2.33. The van der Waals surface area contributed by atoms with Gasteiger partial charge < -0.3 is 14.8 Å². The van der Waals surface area contributed by atoms with Crippen LogP contribution in [-0.4, -0.2) is 37.5 Å². The van der Waals surface area contributed by atoms with Gasteiger partial charge in [-0.2, -0.15) is 0 Å². The maximum Gasteiger partial charge on any atom is 0.0990 e. The molecule has 3 nitrogen and oxygen atoms in total. The quantitative estimate of drug-likeness (QED) is 0.711. The molecule has 1 saturated carbocycles. The highest BCUT2D eigenvalue weighted by atomic mass is 16.6. The predicted molar refractivity (Wildman–Crippen MR) is 71.3 cm³/mol. The van der Waals surface area contributed by atoms with Gasteiger partial charge in [0.2, 0.25) is 0 Å². The number of ether oxygens (including phenoxy) is 2. The van der Waals surface area contributed by atoms with Gasteiger partial charge in [-0.3, -0.25) is 0 Å². The highest BCUT2D eigenvalue weighted by Gasteiger charge is 2.42. The molecular formula is C14H29NO2. The van der Waals surface area contributed by atoms with Crippen LogP contribution in [0.25, 0.3) is 0 Å². The lowest BCUT2D eigenvalue weighted by atomic mass is 9.85. The molecule has 3 heteroatoms. The molecule has 1 N–H and O–H groups in total. The molecule has 0 heterocycles. The minimum Gasteiger partial charge on any atom is -0.374 e. The summed E-state index contributed by atoms with van der Waals surface area (Å²) in [5.41, 5.74) is 0. The van der Waals surface area contributed by atoms with Crippen LogP contribution < -0.4 is 5.32 Å². The molecule has 1 rings (SSSR count). The fraction of sp³-hybridized carbons (Fsp3) is 1.00. The third-order valence-electron chi connectivity index (χ3n) is 3.29. The first-order valence-electron chi connectivity index (χ1n) is 7.08. The molecule has 1 fully saturated rings. The molecule has 0 saturated heterocycles. The fourth-order valence-electron chi connectivity index (χ4n) is 2.61. The molecule has 0 amide bonds. The Kier molecular flexibility index (Phi) is 6.45. The van der Waals surface area contributed by atoms with Crippen molar-refractivity contribution in [3.63, 3.8) is 0 Å². The van der Waals surface area contributed by atoms with E-state index in [0.29, 0.717) is 18.1 Å². The zero-order valence-electron chi connectivity index (χ0n) is 12.0. The van der Waals surface area contributed by atoms with Crippen molar-refractivity contribution >= 4 is 0 Å². The maximum absolute atomic E-state index is 6.07. The van der Waals surface area contributed by atoms with Crippen LogP contribution >= 0.6 is 0 Å². The Morgan fingerprint density at radius 2 is 1.94 bits per heavy atom. The summed E-state index contributed by atoms with van der Waals surface area (Å²) in [6.45, 7) is 12.6. The van der Waals surface area contributed by atoms with Crippen LogP contribution in [0.15, 0.2) is 0 Å². The van der Waals surface area contributed by atoms with Crippen LogP contribution in [0.1, 0.15) is 47.5 Å². The minimum atomic E-state index is 0.245. The average Bonchev–Trinajstić information content (AvgIpc) is 2.23. The van der Waals surface area contributed by atoms with E-state index in [4.69, 9.17) is 9.47 Å². The van der Waals surface area contributed by atoms with E-state index in [0.717, 1.165) is 26.0 Å². The van der Waals surface area contributed by atoms with E-state index in [9.17, 15) is 0 Å². The fourth-order valence-corrected chi connectivity index (χ4v) is 2.61. The number of likely N-dealkylation sites (N-methyl/N-ethyl adjacent to an activating group) is 1. The molecule has 17 heavy (non-hydrogen) atoms. The van der Waals surface area contributed by atoms with Crippen molar-refractivity contribution in [2.45, 2.75) is 71.8 Å². The Hall–Kier alpha value is -0.120. The van der Waals surface area contributed by atoms with E-state index >= 15 is 0 Å². The Morgan fingerprint density at radius 3 is 2.47 bits per heavy atom. The Labute approximate surface area is 106 Å². The molecule has 0 radical (unpaired) electrons. The van der Waals surface area contributed by atoms with Crippen molar-refractivity contribution in [1.29, 1.82) is 0 Å². The zero-order valence-corrected chi connectivity index (χ0v) is 12.0. The summed E-state index contributed by atoms with van der Waals surface area (Å²) in [5.74, 6) is 0.695. The van der Waals surface area contributed by atoms with Crippen LogP contribution in [0.4, 0.5) is 0 Å². The zero-order chi connectivity index (χ0) is 12.8. The van der Waals surface area contributed by atoms with Crippen molar-refractivity contribution in [2.75, 3.05) is 13.2 Å². The van der Waals surface area contributed by atoms with Crippen LogP contribution in [0.5, 0.6) is 0 Å². The molecule has 1 aliphatic carbocycles. The van der Waals surface area contributed by atoms with Gasteiger partial charge in [-0.15, -0.1) is 0 Å². The third-order valence-corrected chi connectivity index (χ3v) is 3.29. The van der Waals surface area contributed by atoms with E-state index in [2.05, 4.69) is 39.9 Å². The van der Waals surface area contributed by atoms with Gasteiger partial charge in [-0.25, -0.2) is 0 Å². The van der Waals surface area contributed by atoms with Gasteiger partial charge in [-0.05, 0) is 39.2 Å². The first-order valence-corrected chi connectivity index (χ1v) is 7.08. The van der Waals surface area contributed by atoms with Crippen molar-refractivity contribution in [1.82, 2.24) is 5.32 Å². The second-order valence-electron chi connectivity index (χ2n) is 5.43. The van der Waals surface area contributed by atoms with Crippen LogP contribution in [-0.2, 0) is 9.47 Å². The number of rotatable bonds is 8. The van der Waals surface area contributed by atoms with Gasteiger partial charge in [0.1, 0.15) is 0 Å². The average molecular weight is 243 g/mol. The van der Waals surface area contributed by atoms with E-state index < -0.39 is 0 Å². The Bertz CT molecular complexity index is 208. The first kappa shape index (κ1) is 14.9. The summed E-state index contributed by atoms with van der Waals surface area (Å²) < 4.78 is 11.8. The smallest absolute Gasteiger partial charge is 0.0990 e. The molecule has 1 aliphatic rings. The molecule has 4 atom stereocenters. The summed E-state index contributed by atoms with van der Waals surface area (Å²) in [4.78, 5) is 0. The lowest BCUT2D eigenvalue weighted by molar-refractivity contribution is -0.165. The molecule has 0 aromatic carbocycles. The van der Waals surface area contributed by atoms with Crippen molar-refractivity contribution in [3.8, 4) is 0 Å². The Morgan fingerprint density at radius 1 is 1.24 bits per heavy atom. The van der Waals surface area contributed by atoms with Crippen molar-refractivity contribution < 1.29 is 9.47 Å². The second kappa shape index (κ2) is 7.34. The second-order valence-corrected chi connectivity index (χ2v) is 5.43. The van der Waals surface area contributed by atoms with E-state index in [1.165, 1.54) is 0 Å². The van der Waals surface area contributed by atoms with E-state index in [1.807, 2.05) is 0 Å². The summed E-state index contributed by atoms with van der Waals surface area (Å²) in [6.07, 6.45) is 3.08. The maximum atomic E-state index is 6.07. The van der Waals surface area contributed by atoms with Crippen molar-refractivity contribution in [3.05, 3.63) is 0 Å². The highest BCUT2D eigenvalue weighted by Crippen LogP contribution is 2.29. The molecule has 0 bridgehead atoms. The van der Waals surface area contributed by atoms with Crippen LogP contribution in [0.2, 0.25) is 0 Å². The third kappa shape index (κ3) is 4.57. The SMILES string of the molecule is CCNC1CC(OC(C)CC(C)C)C1OCC. The van der Waals surface area contributed by atoms with Gasteiger partial charge in [-0.1, -0.05) is 20.8 Å². The molecule has 0 spiro atoms. The minimum absolute atomic E-state index is 0.245. The van der Waals surface area contributed by atoms with Crippen LogP contribution in [0.3, 0.4) is 0 Å². The normalized spacial score (nSPS) is 30.4. The number of hydrogen-bond donors (Lipinski definition) is 1. The molecule has 0 aromatic rings. The standard InChI is InChI=1S/C14H29NO2/c1-6-15-12-9-13(14(12)16-7-2)17-11(5)8-10(3)4/h10-15H,6-9H2,1-5H3. The van der Waals surface area contributed by atoms with Gasteiger partial charge in [0, 0.05) is 12.6 Å². The van der Waals surface area contributed by atoms with Crippen LogP contribution in [0, 0.1) is 5.92 Å². The van der Waals surface area contributed by atoms with E-state index in [-0.39, 0.29) is 12.2 Å². The monoisotopic (exact) mass is 243 g/mol. The molecule has 0 aliphatic heterocycles. The largest absolute Gasteiger partial charge is 0.374 e. The topological polar surface area (TPSA) is 30.5 Å². The molecule has 4 unspecified atom stereocenters. The molecule has 102 valence electrons. The summed E-state index contributed by atoms with van der Waals surface area (Å²) in [6, 6.07) is 0.483. The number of hydrogen-bond acceptors (Lipinski definition) is 3. The van der Waals surface area contributed by atoms with E-state index in [1.54, 1.807) is 0 Å². The summed E-state index contributed by atoms with van der Waals surface area (Å²) in [5, 5.41) is 3.46. The van der Waals surface area contributed by atoms with Gasteiger partial charge in [0.05, 0.1) is 18.3 Å². The van der Waals surface area contributed by atoms with Gasteiger partial charge in [0.25, 0.3) is 0 Å². The summed E-state index contributed by atoms with van der Waals surface area (Å²) in [7, 11) is 0. The predicted octanol–water partition coefficient (Wildman–Crippen LogP) is 2.59. The molecule has 0 aromatic heterocycles. The molecular weight excluding hydrogens is 214 g/mol. The summed E-state index contributed by atoms with van der Waals surface area (Å²) >= 11 is 0. The van der Waals surface area contributed by atoms with Crippen molar-refractivity contribution in [2.24, 2.45) is 5.92 Å². The lowest BCUT2D eigenvalue weighted by Gasteiger charge is -2.45. The highest BCUT2D eigenvalue weighted by molar-refractivity contribution is 4.97. The first-order chi connectivity index (χ1) is 8.08.